The minimum atomic E-state index is -0.409. The number of rotatable bonds is 2. The highest BCUT2D eigenvalue weighted by Gasteiger charge is 1.94. The monoisotopic (exact) mass is 174 g/mol. The SMILES string of the molecule is CC(=O)O/C(Cl)=C/C=C(C)C. The Labute approximate surface area is 71.5 Å². The van der Waals surface area contributed by atoms with Crippen molar-refractivity contribution >= 4 is 17.6 Å². The first kappa shape index (κ1) is 10.2. The fraction of sp³-hybridized carbons (Fsp3) is 0.375. The maximum Gasteiger partial charge on any atom is 0.308 e. The summed E-state index contributed by atoms with van der Waals surface area (Å²) in [6.07, 6.45) is 3.31. The number of carbonyl (C=O) groups excluding carboxylic acids is 1. The summed E-state index contributed by atoms with van der Waals surface area (Å²) < 4.78 is 4.54. The van der Waals surface area contributed by atoms with Gasteiger partial charge in [-0.2, -0.15) is 0 Å². The van der Waals surface area contributed by atoms with Gasteiger partial charge in [0.2, 0.25) is 0 Å². The van der Waals surface area contributed by atoms with Crippen LogP contribution in [0.4, 0.5) is 0 Å². The van der Waals surface area contributed by atoms with Crippen molar-refractivity contribution in [3.63, 3.8) is 0 Å². The second-order valence-electron chi connectivity index (χ2n) is 2.31. The van der Waals surface area contributed by atoms with Crippen LogP contribution in [0.5, 0.6) is 0 Å². The van der Waals surface area contributed by atoms with Crippen LogP contribution in [0.3, 0.4) is 0 Å². The molecule has 0 aliphatic heterocycles. The summed E-state index contributed by atoms with van der Waals surface area (Å²) in [5.41, 5.74) is 1.09. The van der Waals surface area contributed by atoms with Crippen LogP contribution in [0.25, 0.3) is 0 Å². The van der Waals surface area contributed by atoms with Gasteiger partial charge in [0.05, 0.1) is 0 Å². The Balaban J connectivity index is 4.02. The predicted molar refractivity (Wildman–Crippen MR) is 45.1 cm³/mol. The summed E-state index contributed by atoms with van der Waals surface area (Å²) >= 11 is 5.49. The van der Waals surface area contributed by atoms with Crippen molar-refractivity contribution < 1.29 is 9.53 Å². The van der Waals surface area contributed by atoms with Crippen LogP contribution in [-0.2, 0) is 9.53 Å². The van der Waals surface area contributed by atoms with E-state index in [1.54, 1.807) is 6.08 Å². The van der Waals surface area contributed by atoms with Gasteiger partial charge >= 0.3 is 5.97 Å². The normalized spacial score (nSPS) is 10.7. The molecule has 0 aliphatic carbocycles. The average molecular weight is 175 g/mol. The zero-order valence-electron chi connectivity index (χ0n) is 6.85. The molecule has 0 radical (unpaired) electrons. The maximum atomic E-state index is 10.3. The van der Waals surface area contributed by atoms with E-state index in [1.165, 1.54) is 13.0 Å². The molecule has 0 aliphatic rings. The molecule has 2 nitrogen and oxygen atoms in total. The van der Waals surface area contributed by atoms with Crippen LogP contribution in [-0.4, -0.2) is 5.97 Å². The largest absolute Gasteiger partial charge is 0.414 e. The van der Waals surface area contributed by atoms with Crippen LogP contribution < -0.4 is 0 Å². The molecule has 0 aromatic heterocycles. The number of halogens is 1. The van der Waals surface area contributed by atoms with Gasteiger partial charge in [-0.15, -0.1) is 0 Å². The smallest absolute Gasteiger partial charge is 0.308 e. The molecule has 0 N–H and O–H groups in total. The fourth-order valence-electron chi connectivity index (χ4n) is 0.404. The van der Waals surface area contributed by atoms with E-state index in [9.17, 15) is 4.79 Å². The van der Waals surface area contributed by atoms with Crippen molar-refractivity contribution in [3.8, 4) is 0 Å². The van der Waals surface area contributed by atoms with Crippen LogP contribution >= 0.6 is 11.6 Å². The van der Waals surface area contributed by atoms with Gasteiger partial charge in [0.15, 0.2) is 5.22 Å². The second-order valence-corrected chi connectivity index (χ2v) is 2.68. The summed E-state index contributed by atoms with van der Waals surface area (Å²) in [6, 6.07) is 0. The maximum absolute atomic E-state index is 10.3. The Morgan fingerprint density at radius 1 is 1.27 bits per heavy atom. The molecule has 62 valence electrons. The van der Waals surface area contributed by atoms with Crippen molar-refractivity contribution in [1.82, 2.24) is 0 Å². The molecule has 0 amide bonds. The standard InChI is InChI=1S/C8H11ClO2/c1-6(2)4-5-8(9)11-7(3)10/h4-5H,1-3H3/b8-5+. The van der Waals surface area contributed by atoms with E-state index in [0.29, 0.717) is 0 Å². The van der Waals surface area contributed by atoms with Gasteiger partial charge in [0, 0.05) is 6.92 Å². The fourth-order valence-corrected chi connectivity index (χ4v) is 0.575. The summed E-state index contributed by atoms with van der Waals surface area (Å²) in [5, 5.41) is 0.0960. The van der Waals surface area contributed by atoms with Crippen molar-refractivity contribution in [1.29, 1.82) is 0 Å². The molecule has 0 spiro atoms. The first-order valence-corrected chi connectivity index (χ1v) is 3.59. The first-order chi connectivity index (χ1) is 5.02. The highest BCUT2D eigenvalue weighted by Crippen LogP contribution is 2.04. The van der Waals surface area contributed by atoms with Gasteiger partial charge < -0.3 is 4.74 Å². The minimum absolute atomic E-state index is 0.0960. The lowest BCUT2D eigenvalue weighted by molar-refractivity contribution is -0.135. The number of ether oxygens (including phenoxy) is 1. The quantitative estimate of drug-likeness (QED) is 0.366. The molecule has 0 rings (SSSR count). The summed E-state index contributed by atoms with van der Waals surface area (Å²) in [4.78, 5) is 10.3. The van der Waals surface area contributed by atoms with Crippen LogP contribution in [0.2, 0.25) is 0 Å². The molecule has 0 saturated carbocycles. The molecule has 0 fully saturated rings. The molecule has 0 saturated heterocycles. The van der Waals surface area contributed by atoms with Gasteiger partial charge in [-0.1, -0.05) is 11.6 Å². The van der Waals surface area contributed by atoms with E-state index in [0.717, 1.165) is 5.57 Å². The molecular formula is C8H11ClO2. The molecule has 0 atom stereocenters. The van der Waals surface area contributed by atoms with Gasteiger partial charge in [0.1, 0.15) is 0 Å². The second kappa shape index (κ2) is 4.97. The Kier molecular flexibility index (Phi) is 4.62. The molecule has 0 aromatic rings. The summed E-state index contributed by atoms with van der Waals surface area (Å²) in [5.74, 6) is -0.409. The zero-order valence-corrected chi connectivity index (χ0v) is 7.61. The molecule has 11 heavy (non-hydrogen) atoms. The van der Waals surface area contributed by atoms with E-state index in [-0.39, 0.29) is 5.22 Å². The van der Waals surface area contributed by atoms with E-state index < -0.39 is 5.97 Å². The first-order valence-electron chi connectivity index (χ1n) is 3.21. The van der Waals surface area contributed by atoms with Gasteiger partial charge in [-0.05, 0) is 31.5 Å². The van der Waals surface area contributed by atoms with E-state index in [2.05, 4.69) is 4.74 Å². The number of hydrogen-bond donors (Lipinski definition) is 0. The third-order valence-electron chi connectivity index (χ3n) is 0.789. The summed E-state index contributed by atoms with van der Waals surface area (Å²) in [6.45, 7) is 5.15. The molecule has 3 heteroatoms. The van der Waals surface area contributed by atoms with Crippen LogP contribution in [0, 0.1) is 0 Å². The average Bonchev–Trinajstić information content (AvgIpc) is 1.82. The van der Waals surface area contributed by atoms with Gasteiger partial charge in [-0.25, -0.2) is 0 Å². The number of esters is 1. The van der Waals surface area contributed by atoms with Crippen molar-refractivity contribution in [2.45, 2.75) is 20.8 Å². The lowest BCUT2D eigenvalue weighted by atomic mass is 10.3. The third kappa shape index (κ3) is 7.13. The highest BCUT2D eigenvalue weighted by molar-refractivity contribution is 6.29. The molecule has 0 heterocycles. The Hall–Kier alpha value is -0.760. The summed E-state index contributed by atoms with van der Waals surface area (Å²) in [7, 11) is 0. The molecule has 0 unspecified atom stereocenters. The predicted octanol–water partition coefficient (Wildman–Crippen LogP) is 2.60. The van der Waals surface area contributed by atoms with Crippen molar-refractivity contribution in [2.24, 2.45) is 0 Å². The van der Waals surface area contributed by atoms with E-state index in [1.807, 2.05) is 13.8 Å². The molecular weight excluding hydrogens is 164 g/mol. The van der Waals surface area contributed by atoms with E-state index in [4.69, 9.17) is 11.6 Å². The number of allylic oxidation sites excluding steroid dienone is 3. The van der Waals surface area contributed by atoms with Crippen molar-refractivity contribution in [2.75, 3.05) is 0 Å². The van der Waals surface area contributed by atoms with Crippen molar-refractivity contribution in [3.05, 3.63) is 22.9 Å². The third-order valence-corrected chi connectivity index (χ3v) is 0.992. The number of carbonyl (C=O) groups is 1. The highest BCUT2D eigenvalue weighted by atomic mass is 35.5. The topological polar surface area (TPSA) is 26.3 Å². The lowest BCUT2D eigenvalue weighted by Gasteiger charge is -1.94. The number of hydrogen-bond acceptors (Lipinski definition) is 2. The van der Waals surface area contributed by atoms with Crippen LogP contribution in [0.1, 0.15) is 20.8 Å². The Morgan fingerprint density at radius 2 is 1.82 bits per heavy atom. The molecule has 0 bridgehead atoms. The van der Waals surface area contributed by atoms with Crippen LogP contribution in [0.15, 0.2) is 22.9 Å². The zero-order chi connectivity index (χ0) is 8.85. The molecule has 0 aromatic carbocycles. The Morgan fingerprint density at radius 3 is 2.18 bits per heavy atom. The van der Waals surface area contributed by atoms with Gasteiger partial charge in [-0.3, -0.25) is 4.79 Å². The minimum Gasteiger partial charge on any atom is -0.414 e. The van der Waals surface area contributed by atoms with Gasteiger partial charge in [0.25, 0.3) is 0 Å². The lowest BCUT2D eigenvalue weighted by Crippen LogP contribution is -1.93. The van der Waals surface area contributed by atoms with E-state index >= 15 is 0 Å². The Bertz CT molecular complexity index is 200.